The number of carbonyl (C=O) groups is 1. The van der Waals surface area contributed by atoms with Crippen molar-refractivity contribution in [3.05, 3.63) is 48.0 Å². The van der Waals surface area contributed by atoms with Crippen LogP contribution in [-0.2, 0) is 4.79 Å². The maximum Gasteiger partial charge on any atom is 0.302 e. The number of aryl methyl sites for hydroxylation is 1. The largest absolute Gasteiger partial charge is 0.497 e. The molecule has 3 aromatic rings. The molecule has 0 saturated heterocycles. The van der Waals surface area contributed by atoms with Crippen molar-refractivity contribution in [3.8, 4) is 17.4 Å². The number of aromatic nitrogens is 1. The number of carbonyl (C=O) groups excluding carboxylic acids is 1. The van der Waals surface area contributed by atoms with Crippen LogP contribution < -0.4 is 9.47 Å². The summed E-state index contributed by atoms with van der Waals surface area (Å²) in [6, 6.07) is 12.8. The first-order valence-electron chi connectivity index (χ1n) is 8.96. The zero-order valence-corrected chi connectivity index (χ0v) is 16.3. The van der Waals surface area contributed by atoms with E-state index in [0.29, 0.717) is 16.9 Å². The molecule has 146 valence electrons. The van der Waals surface area contributed by atoms with Crippen LogP contribution in [0, 0.1) is 6.92 Å². The van der Waals surface area contributed by atoms with Crippen molar-refractivity contribution in [2.45, 2.75) is 26.8 Å². The van der Waals surface area contributed by atoms with Crippen LogP contribution in [0.5, 0.6) is 17.4 Å². The fraction of sp³-hybridized carbons (Fsp3) is 0.286. The van der Waals surface area contributed by atoms with E-state index in [0.717, 1.165) is 11.1 Å². The molecule has 0 saturated carbocycles. The van der Waals surface area contributed by atoms with Crippen molar-refractivity contribution in [3.63, 3.8) is 0 Å². The lowest BCUT2D eigenvalue weighted by molar-refractivity contribution is -0.120. The Morgan fingerprint density at radius 2 is 1.96 bits per heavy atom. The molecule has 7 nitrogen and oxygen atoms in total. The molecule has 28 heavy (non-hydrogen) atoms. The third kappa shape index (κ3) is 3.83. The predicted molar refractivity (Wildman–Crippen MR) is 107 cm³/mol. The van der Waals surface area contributed by atoms with Crippen molar-refractivity contribution in [2.24, 2.45) is 10.2 Å². The molecule has 0 spiro atoms. The number of methoxy groups -OCH3 is 1. The van der Waals surface area contributed by atoms with Gasteiger partial charge in [0.2, 0.25) is 5.88 Å². The Kier molecular flexibility index (Phi) is 5.63. The van der Waals surface area contributed by atoms with E-state index in [2.05, 4.69) is 10.2 Å². The number of amides is 1. The summed E-state index contributed by atoms with van der Waals surface area (Å²) in [7, 11) is 1.56. The Morgan fingerprint density at radius 1 is 1.21 bits per heavy atom. The van der Waals surface area contributed by atoms with Crippen molar-refractivity contribution in [1.29, 1.82) is 0 Å². The van der Waals surface area contributed by atoms with Gasteiger partial charge in [0.15, 0.2) is 12.3 Å². The molecular formula is C21H23N3O4. The van der Waals surface area contributed by atoms with Crippen molar-refractivity contribution in [2.75, 3.05) is 13.7 Å². The highest BCUT2D eigenvalue weighted by Gasteiger charge is 2.19. The van der Waals surface area contributed by atoms with Crippen LogP contribution in [0.15, 0.2) is 52.7 Å². The Hall–Kier alpha value is -3.35. The summed E-state index contributed by atoms with van der Waals surface area (Å²) in [5.41, 5.74) is 1.94. The van der Waals surface area contributed by atoms with Gasteiger partial charge in [-0.05, 0) is 50.6 Å². The number of nitrogens with zero attached hydrogens (tertiary/aromatic N) is 3. The summed E-state index contributed by atoms with van der Waals surface area (Å²) < 4.78 is 12.5. The number of benzene rings is 2. The Labute approximate surface area is 163 Å². The maximum absolute atomic E-state index is 12.1. The summed E-state index contributed by atoms with van der Waals surface area (Å²) in [6.45, 7) is 5.56. The lowest BCUT2D eigenvalue weighted by atomic mass is 10.2. The molecular weight excluding hydrogens is 358 g/mol. The molecule has 0 aliphatic carbocycles. The first-order valence-corrected chi connectivity index (χ1v) is 8.96. The van der Waals surface area contributed by atoms with Gasteiger partial charge < -0.3 is 19.1 Å². The SMILES string of the molecule is COc1ccc2c(c1)c(N=NC(=O)COc1ccccc1C)c(O)n2C(C)C. The first-order chi connectivity index (χ1) is 13.4. The van der Waals surface area contributed by atoms with E-state index in [4.69, 9.17) is 9.47 Å². The lowest BCUT2D eigenvalue weighted by Crippen LogP contribution is -2.08. The molecule has 0 radical (unpaired) electrons. The molecule has 1 amide bonds. The van der Waals surface area contributed by atoms with Gasteiger partial charge in [-0.25, -0.2) is 0 Å². The normalized spacial score (nSPS) is 11.5. The minimum absolute atomic E-state index is 0.0000596. The van der Waals surface area contributed by atoms with Gasteiger partial charge in [0.05, 0.1) is 12.6 Å². The van der Waals surface area contributed by atoms with Crippen molar-refractivity contribution >= 4 is 22.5 Å². The van der Waals surface area contributed by atoms with E-state index >= 15 is 0 Å². The Balaban J connectivity index is 1.87. The van der Waals surface area contributed by atoms with Crippen LogP contribution >= 0.6 is 0 Å². The Morgan fingerprint density at radius 3 is 2.64 bits per heavy atom. The lowest BCUT2D eigenvalue weighted by Gasteiger charge is -2.10. The number of rotatable bonds is 6. The van der Waals surface area contributed by atoms with E-state index in [1.807, 2.05) is 51.1 Å². The van der Waals surface area contributed by atoms with Crippen LogP contribution in [-0.4, -0.2) is 29.3 Å². The number of hydrogen-bond donors (Lipinski definition) is 1. The van der Waals surface area contributed by atoms with Gasteiger partial charge >= 0.3 is 5.91 Å². The highest BCUT2D eigenvalue weighted by atomic mass is 16.5. The van der Waals surface area contributed by atoms with Gasteiger partial charge in [0, 0.05) is 11.4 Å². The summed E-state index contributed by atoms with van der Waals surface area (Å²) in [6.07, 6.45) is 0. The molecule has 0 aliphatic rings. The molecule has 0 bridgehead atoms. The summed E-state index contributed by atoms with van der Waals surface area (Å²) in [4.78, 5) is 12.1. The van der Waals surface area contributed by atoms with Crippen molar-refractivity contribution in [1.82, 2.24) is 4.57 Å². The van der Waals surface area contributed by atoms with E-state index < -0.39 is 5.91 Å². The molecule has 2 aromatic carbocycles. The Bertz CT molecular complexity index is 1040. The van der Waals surface area contributed by atoms with Gasteiger partial charge in [-0.2, -0.15) is 0 Å². The van der Waals surface area contributed by atoms with E-state index in [1.54, 1.807) is 23.8 Å². The molecule has 0 unspecified atom stereocenters. The van der Waals surface area contributed by atoms with E-state index in [9.17, 15) is 9.90 Å². The van der Waals surface area contributed by atoms with Crippen LogP contribution in [0.3, 0.4) is 0 Å². The standard InChI is InChI=1S/C21H23N3O4/c1-13(2)24-17-10-9-15(27-4)11-16(17)20(21(24)26)23-22-19(25)12-28-18-8-6-5-7-14(18)3/h5-11,13,26H,12H2,1-4H3. The van der Waals surface area contributed by atoms with Gasteiger partial charge in [-0.1, -0.05) is 18.2 Å². The molecule has 3 rings (SSSR count). The quantitative estimate of drug-likeness (QED) is 0.613. The van der Waals surface area contributed by atoms with Crippen LogP contribution in [0.1, 0.15) is 25.5 Å². The van der Waals surface area contributed by atoms with Crippen LogP contribution in [0.2, 0.25) is 0 Å². The fourth-order valence-electron chi connectivity index (χ4n) is 3.00. The smallest absolute Gasteiger partial charge is 0.302 e. The average molecular weight is 381 g/mol. The number of fused-ring (bicyclic) bond motifs is 1. The van der Waals surface area contributed by atoms with E-state index in [-0.39, 0.29) is 24.2 Å². The fourth-order valence-corrected chi connectivity index (χ4v) is 3.00. The molecule has 1 aromatic heterocycles. The van der Waals surface area contributed by atoms with Crippen molar-refractivity contribution < 1.29 is 19.4 Å². The van der Waals surface area contributed by atoms with Crippen LogP contribution in [0.4, 0.5) is 5.69 Å². The second kappa shape index (κ2) is 8.12. The molecule has 1 N–H and O–H groups in total. The number of ether oxygens (including phenoxy) is 2. The third-order valence-electron chi connectivity index (χ3n) is 4.38. The minimum Gasteiger partial charge on any atom is -0.497 e. The zero-order valence-electron chi connectivity index (χ0n) is 16.3. The second-order valence-corrected chi connectivity index (χ2v) is 6.67. The van der Waals surface area contributed by atoms with Gasteiger partial charge in [0.1, 0.15) is 11.5 Å². The summed E-state index contributed by atoms with van der Waals surface area (Å²) >= 11 is 0. The van der Waals surface area contributed by atoms with E-state index in [1.165, 1.54) is 0 Å². The maximum atomic E-state index is 12.1. The average Bonchev–Trinajstić information content (AvgIpc) is 2.96. The highest BCUT2D eigenvalue weighted by molar-refractivity contribution is 5.96. The topological polar surface area (TPSA) is 85.4 Å². The number of aromatic hydroxyl groups is 1. The van der Waals surface area contributed by atoms with Gasteiger partial charge in [0.25, 0.3) is 0 Å². The van der Waals surface area contributed by atoms with Gasteiger partial charge in [-0.3, -0.25) is 4.79 Å². The number of hydrogen-bond acceptors (Lipinski definition) is 5. The monoisotopic (exact) mass is 381 g/mol. The second-order valence-electron chi connectivity index (χ2n) is 6.67. The highest BCUT2D eigenvalue weighted by Crippen LogP contribution is 2.42. The molecule has 7 heteroatoms. The molecule has 1 heterocycles. The molecule has 0 aliphatic heterocycles. The predicted octanol–water partition coefficient (Wildman–Crippen LogP) is 4.93. The number of azo groups is 1. The minimum atomic E-state index is -0.545. The van der Waals surface area contributed by atoms with Crippen LogP contribution in [0.25, 0.3) is 10.9 Å². The number of para-hydroxylation sites is 1. The third-order valence-corrected chi connectivity index (χ3v) is 4.38. The summed E-state index contributed by atoms with van der Waals surface area (Å²) in [5.74, 6) is 0.653. The van der Waals surface area contributed by atoms with Gasteiger partial charge in [-0.15, -0.1) is 10.2 Å². The first kappa shape index (κ1) is 19.4. The molecule has 0 fully saturated rings. The summed E-state index contributed by atoms with van der Waals surface area (Å²) in [5, 5.41) is 19.0. The zero-order chi connectivity index (χ0) is 20.3. The molecule has 0 atom stereocenters.